The minimum Gasteiger partial charge on any atom is -0.383 e. The highest BCUT2D eigenvalue weighted by molar-refractivity contribution is 5.18. The molecule has 0 saturated carbocycles. The predicted octanol–water partition coefficient (Wildman–Crippen LogP) is 2.36. The second-order valence-corrected chi connectivity index (χ2v) is 3.89. The molecule has 7 heteroatoms. The number of alkyl halides is 3. The number of nitrogens with one attached hydrogen (secondary N) is 1. The Morgan fingerprint density at radius 1 is 1.44 bits per heavy atom. The van der Waals surface area contributed by atoms with Gasteiger partial charge in [-0.15, -0.1) is 0 Å². The molecule has 1 atom stereocenters. The van der Waals surface area contributed by atoms with E-state index in [1.165, 1.54) is 7.11 Å². The third kappa shape index (κ3) is 4.23. The second-order valence-electron chi connectivity index (χ2n) is 3.89. The van der Waals surface area contributed by atoms with Crippen molar-refractivity contribution in [1.29, 1.82) is 0 Å². The Morgan fingerprint density at radius 2 is 2.11 bits per heavy atom. The molecule has 1 rings (SSSR count). The van der Waals surface area contributed by atoms with Crippen LogP contribution in [0.15, 0.2) is 12.3 Å². The third-order valence-electron chi connectivity index (χ3n) is 2.28. The van der Waals surface area contributed by atoms with Gasteiger partial charge < -0.3 is 10.1 Å². The molecule has 0 aliphatic heterocycles. The van der Waals surface area contributed by atoms with Gasteiger partial charge in [0.25, 0.3) is 0 Å². The van der Waals surface area contributed by atoms with Crippen LogP contribution in [-0.2, 0) is 17.5 Å². The fraction of sp³-hybridized carbons (Fsp3) is 0.545. The van der Waals surface area contributed by atoms with Crippen LogP contribution in [-0.4, -0.2) is 24.7 Å². The van der Waals surface area contributed by atoms with Crippen LogP contribution >= 0.6 is 0 Å². The first kappa shape index (κ1) is 14.8. The first-order valence-corrected chi connectivity index (χ1v) is 5.28. The second kappa shape index (κ2) is 6.10. The van der Waals surface area contributed by atoms with E-state index in [1.807, 2.05) is 6.92 Å². The maximum Gasteiger partial charge on any atom is 0.417 e. The molecule has 0 aliphatic carbocycles. The lowest BCUT2D eigenvalue weighted by molar-refractivity contribution is -0.138. The first-order chi connectivity index (χ1) is 8.34. The van der Waals surface area contributed by atoms with Crippen molar-refractivity contribution < 1.29 is 22.3 Å². The normalized spacial score (nSPS) is 13.7. The van der Waals surface area contributed by atoms with Crippen LogP contribution in [0.4, 0.5) is 17.6 Å². The fourth-order valence-electron chi connectivity index (χ4n) is 1.33. The van der Waals surface area contributed by atoms with Gasteiger partial charge in [0.2, 0.25) is 0 Å². The summed E-state index contributed by atoms with van der Waals surface area (Å²) in [5.74, 6) is -0.970. The highest BCUT2D eigenvalue weighted by Crippen LogP contribution is 2.29. The summed E-state index contributed by atoms with van der Waals surface area (Å²) in [5, 5.41) is 2.89. The van der Waals surface area contributed by atoms with Gasteiger partial charge in [-0.05, 0) is 13.0 Å². The van der Waals surface area contributed by atoms with Crippen molar-refractivity contribution in [3.8, 4) is 0 Å². The summed E-state index contributed by atoms with van der Waals surface area (Å²) in [4.78, 5) is 3.48. The van der Waals surface area contributed by atoms with E-state index in [-0.39, 0.29) is 18.3 Å². The number of hydrogen-bond donors (Lipinski definition) is 1. The van der Waals surface area contributed by atoms with Gasteiger partial charge >= 0.3 is 6.18 Å². The van der Waals surface area contributed by atoms with E-state index in [4.69, 9.17) is 4.74 Å². The Balaban J connectivity index is 2.69. The molecule has 1 aromatic rings. The number of ether oxygens (including phenoxy) is 1. The van der Waals surface area contributed by atoms with E-state index in [1.54, 1.807) is 0 Å². The monoisotopic (exact) mass is 266 g/mol. The van der Waals surface area contributed by atoms with E-state index in [2.05, 4.69) is 10.3 Å². The minimum atomic E-state index is -4.58. The molecule has 0 saturated heterocycles. The molecule has 0 bridgehead atoms. The molecule has 0 aromatic carbocycles. The number of rotatable bonds is 5. The summed E-state index contributed by atoms with van der Waals surface area (Å²) in [5.41, 5.74) is -1.14. The van der Waals surface area contributed by atoms with Crippen LogP contribution in [0.5, 0.6) is 0 Å². The summed E-state index contributed by atoms with van der Waals surface area (Å²) in [6.45, 7) is 2.28. The molecule has 0 amide bonds. The van der Waals surface area contributed by atoms with Crippen molar-refractivity contribution in [3.63, 3.8) is 0 Å². The van der Waals surface area contributed by atoms with Crippen molar-refractivity contribution in [1.82, 2.24) is 10.3 Å². The third-order valence-corrected chi connectivity index (χ3v) is 2.28. The maximum absolute atomic E-state index is 13.4. The summed E-state index contributed by atoms with van der Waals surface area (Å²) < 4.78 is 55.1. The molecule has 3 nitrogen and oxygen atoms in total. The Bertz CT molecular complexity index is 395. The SMILES string of the molecule is COC[C@@H](C)NCc1ncc(C(F)(F)F)cc1F. The van der Waals surface area contributed by atoms with Crippen molar-refractivity contribution in [2.75, 3.05) is 13.7 Å². The van der Waals surface area contributed by atoms with Crippen LogP contribution in [0.2, 0.25) is 0 Å². The van der Waals surface area contributed by atoms with Crippen LogP contribution in [0.25, 0.3) is 0 Å². The lowest BCUT2D eigenvalue weighted by Gasteiger charge is -2.13. The van der Waals surface area contributed by atoms with Gasteiger partial charge in [-0.1, -0.05) is 0 Å². The molecular weight excluding hydrogens is 252 g/mol. The van der Waals surface area contributed by atoms with Crippen molar-refractivity contribution >= 4 is 0 Å². The Hall–Kier alpha value is -1.21. The zero-order valence-electron chi connectivity index (χ0n) is 10.0. The summed E-state index contributed by atoms with van der Waals surface area (Å²) in [6, 6.07) is 0.406. The molecule has 0 spiro atoms. The highest BCUT2D eigenvalue weighted by Gasteiger charge is 2.31. The van der Waals surface area contributed by atoms with Gasteiger partial charge in [-0.3, -0.25) is 4.98 Å². The molecule has 1 heterocycles. The van der Waals surface area contributed by atoms with Gasteiger partial charge in [0.05, 0.1) is 17.9 Å². The lowest BCUT2D eigenvalue weighted by Crippen LogP contribution is -2.30. The Morgan fingerprint density at radius 3 is 2.61 bits per heavy atom. The Labute approximate surface area is 102 Å². The van der Waals surface area contributed by atoms with Crippen LogP contribution in [0.3, 0.4) is 0 Å². The number of methoxy groups -OCH3 is 1. The highest BCUT2D eigenvalue weighted by atomic mass is 19.4. The number of pyridine rings is 1. The van der Waals surface area contributed by atoms with E-state index in [9.17, 15) is 17.6 Å². The summed E-state index contributed by atoms with van der Waals surface area (Å²) in [7, 11) is 1.52. The van der Waals surface area contributed by atoms with Crippen LogP contribution in [0.1, 0.15) is 18.2 Å². The number of nitrogens with zero attached hydrogens (tertiary/aromatic N) is 1. The van der Waals surface area contributed by atoms with E-state index in [0.717, 1.165) is 0 Å². The van der Waals surface area contributed by atoms with E-state index >= 15 is 0 Å². The molecule has 0 unspecified atom stereocenters. The zero-order chi connectivity index (χ0) is 13.8. The van der Waals surface area contributed by atoms with Crippen molar-refractivity contribution in [2.45, 2.75) is 25.7 Å². The van der Waals surface area contributed by atoms with Crippen LogP contribution in [0, 0.1) is 5.82 Å². The molecule has 1 aromatic heterocycles. The van der Waals surface area contributed by atoms with E-state index in [0.29, 0.717) is 18.9 Å². The maximum atomic E-state index is 13.4. The summed E-state index contributed by atoms with van der Waals surface area (Å²) >= 11 is 0. The average molecular weight is 266 g/mol. The average Bonchev–Trinajstić information content (AvgIpc) is 2.26. The van der Waals surface area contributed by atoms with Crippen molar-refractivity contribution in [2.24, 2.45) is 0 Å². The van der Waals surface area contributed by atoms with Gasteiger partial charge in [0.1, 0.15) is 5.82 Å². The molecule has 1 N–H and O–H groups in total. The van der Waals surface area contributed by atoms with Crippen molar-refractivity contribution in [3.05, 3.63) is 29.3 Å². The standard InChI is InChI=1S/C11H14F4N2O/c1-7(6-18-2)16-5-10-9(12)3-8(4-17-10)11(13,14)15/h3-4,7,16H,5-6H2,1-2H3/t7-/m1/s1. The molecule has 0 fully saturated rings. The fourth-order valence-corrected chi connectivity index (χ4v) is 1.33. The van der Waals surface area contributed by atoms with Gasteiger partial charge in [0, 0.05) is 25.9 Å². The lowest BCUT2D eigenvalue weighted by atomic mass is 10.2. The summed E-state index contributed by atoms with van der Waals surface area (Å²) in [6.07, 6.45) is -3.95. The van der Waals surface area contributed by atoms with E-state index < -0.39 is 17.6 Å². The Kier molecular flexibility index (Phi) is 5.03. The number of halogens is 4. The quantitative estimate of drug-likeness (QED) is 0.831. The smallest absolute Gasteiger partial charge is 0.383 e. The van der Waals surface area contributed by atoms with Gasteiger partial charge in [-0.25, -0.2) is 4.39 Å². The molecular formula is C11H14F4N2O. The number of hydrogen-bond acceptors (Lipinski definition) is 3. The topological polar surface area (TPSA) is 34.1 Å². The molecule has 18 heavy (non-hydrogen) atoms. The number of aromatic nitrogens is 1. The van der Waals surface area contributed by atoms with Crippen LogP contribution < -0.4 is 5.32 Å². The molecule has 0 aliphatic rings. The van der Waals surface area contributed by atoms with Gasteiger partial charge in [-0.2, -0.15) is 13.2 Å². The first-order valence-electron chi connectivity index (χ1n) is 5.28. The zero-order valence-corrected chi connectivity index (χ0v) is 10.0. The molecule has 0 radical (unpaired) electrons. The predicted molar refractivity (Wildman–Crippen MR) is 57.4 cm³/mol. The molecule has 102 valence electrons. The minimum absolute atomic E-state index is 0.0431. The largest absolute Gasteiger partial charge is 0.417 e. The van der Waals surface area contributed by atoms with Gasteiger partial charge in [0.15, 0.2) is 0 Å².